The lowest BCUT2D eigenvalue weighted by molar-refractivity contribution is 0.0698. The number of aromatic carboxylic acids is 1. The van der Waals surface area contributed by atoms with Crippen molar-refractivity contribution in [3.8, 4) is 0 Å². The second-order valence-corrected chi connectivity index (χ2v) is 3.99. The molecule has 0 aliphatic heterocycles. The van der Waals surface area contributed by atoms with Crippen LogP contribution in [0.1, 0.15) is 16.2 Å². The molecule has 84 valence electrons. The van der Waals surface area contributed by atoms with Crippen molar-refractivity contribution in [2.45, 2.75) is 6.42 Å². The highest BCUT2D eigenvalue weighted by Crippen LogP contribution is 2.22. The van der Waals surface area contributed by atoms with Crippen LogP contribution in [0.2, 0.25) is 0 Å². The van der Waals surface area contributed by atoms with Gasteiger partial charge in [0.1, 0.15) is 10.4 Å². The number of hydrogen-bond donors (Lipinski definition) is 2. The fourth-order valence-corrected chi connectivity index (χ4v) is 2.21. The molecule has 0 aliphatic carbocycles. The zero-order chi connectivity index (χ0) is 11.7. The Labute approximate surface area is 99.5 Å². The standard InChI is InChI=1S/C10H9BrN2O3/c11-9-8-6(10(15)16)2-1-4-13(8)7(12-9)3-5-14/h1-2,4,14H,3,5H2,(H,15,16). The Morgan fingerprint density at radius 2 is 2.31 bits per heavy atom. The third kappa shape index (κ3) is 1.70. The van der Waals surface area contributed by atoms with E-state index in [9.17, 15) is 4.79 Å². The van der Waals surface area contributed by atoms with Gasteiger partial charge in [0, 0.05) is 12.6 Å². The highest BCUT2D eigenvalue weighted by Gasteiger charge is 2.15. The molecule has 0 bridgehead atoms. The first kappa shape index (κ1) is 11.1. The zero-order valence-electron chi connectivity index (χ0n) is 8.22. The van der Waals surface area contributed by atoms with Crippen molar-refractivity contribution in [2.24, 2.45) is 0 Å². The van der Waals surface area contributed by atoms with E-state index in [4.69, 9.17) is 10.2 Å². The fourth-order valence-electron chi connectivity index (χ4n) is 1.60. The summed E-state index contributed by atoms with van der Waals surface area (Å²) >= 11 is 3.23. The van der Waals surface area contributed by atoms with Crippen LogP contribution < -0.4 is 0 Å². The molecule has 6 heteroatoms. The Kier molecular flexibility index (Phi) is 2.93. The number of carboxylic acids is 1. The van der Waals surface area contributed by atoms with Crippen molar-refractivity contribution in [2.75, 3.05) is 6.61 Å². The summed E-state index contributed by atoms with van der Waals surface area (Å²) < 4.78 is 2.15. The van der Waals surface area contributed by atoms with E-state index in [2.05, 4.69) is 20.9 Å². The van der Waals surface area contributed by atoms with Crippen LogP contribution in [0.25, 0.3) is 5.52 Å². The molecule has 2 rings (SSSR count). The van der Waals surface area contributed by atoms with Gasteiger partial charge in [0.05, 0.1) is 17.7 Å². The average molecular weight is 285 g/mol. The minimum Gasteiger partial charge on any atom is -0.478 e. The Morgan fingerprint density at radius 3 is 2.94 bits per heavy atom. The molecule has 0 fully saturated rings. The lowest BCUT2D eigenvalue weighted by atomic mass is 10.2. The smallest absolute Gasteiger partial charge is 0.337 e. The topological polar surface area (TPSA) is 74.8 Å². The average Bonchev–Trinajstić information content (AvgIpc) is 2.57. The Hall–Kier alpha value is -1.40. The molecule has 0 saturated carbocycles. The molecule has 2 heterocycles. The van der Waals surface area contributed by atoms with Crippen LogP contribution in [-0.2, 0) is 6.42 Å². The lowest BCUT2D eigenvalue weighted by Gasteiger charge is -2.01. The number of pyridine rings is 1. The molecule has 0 saturated heterocycles. The van der Waals surface area contributed by atoms with Gasteiger partial charge in [0.25, 0.3) is 0 Å². The molecular formula is C10H9BrN2O3. The van der Waals surface area contributed by atoms with Gasteiger partial charge >= 0.3 is 5.97 Å². The number of imidazole rings is 1. The number of carboxylic acid groups (broad SMARTS) is 1. The largest absolute Gasteiger partial charge is 0.478 e. The molecule has 16 heavy (non-hydrogen) atoms. The highest BCUT2D eigenvalue weighted by molar-refractivity contribution is 9.10. The number of aliphatic hydroxyl groups is 1. The maximum Gasteiger partial charge on any atom is 0.337 e. The lowest BCUT2D eigenvalue weighted by Crippen LogP contribution is -2.02. The first-order valence-corrected chi connectivity index (χ1v) is 5.44. The molecule has 0 radical (unpaired) electrons. The van der Waals surface area contributed by atoms with E-state index < -0.39 is 5.97 Å². The molecule has 5 nitrogen and oxygen atoms in total. The second kappa shape index (κ2) is 4.23. The SMILES string of the molecule is O=C(O)c1cccn2c(CCO)nc(Br)c12. The van der Waals surface area contributed by atoms with Crippen LogP contribution in [0, 0.1) is 0 Å². The maximum absolute atomic E-state index is 11.0. The summed E-state index contributed by atoms with van der Waals surface area (Å²) in [5.41, 5.74) is 0.699. The number of hydrogen-bond acceptors (Lipinski definition) is 3. The summed E-state index contributed by atoms with van der Waals surface area (Å²) in [5, 5.41) is 17.9. The molecule has 2 aromatic rings. The van der Waals surface area contributed by atoms with Crippen LogP contribution in [0.5, 0.6) is 0 Å². The number of nitrogens with zero attached hydrogens (tertiary/aromatic N) is 2. The van der Waals surface area contributed by atoms with Crippen molar-refractivity contribution in [1.29, 1.82) is 0 Å². The quantitative estimate of drug-likeness (QED) is 0.892. The summed E-state index contributed by atoms with van der Waals surface area (Å²) in [5.74, 6) is -0.366. The molecular weight excluding hydrogens is 276 g/mol. The Bertz CT molecular complexity index is 550. The van der Waals surface area contributed by atoms with Gasteiger partial charge in [-0.3, -0.25) is 0 Å². The van der Waals surface area contributed by atoms with Crippen molar-refractivity contribution in [1.82, 2.24) is 9.38 Å². The van der Waals surface area contributed by atoms with Gasteiger partial charge in [-0.1, -0.05) is 0 Å². The normalized spacial score (nSPS) is 10.9. The third-order valence-corrected chi connectivity index (χ3v) is 2.81. The molecule has 0 unspecified atom stereocenters. The predicted molar refractivity (Wildman–Crippen MR) is 60.6 cm³/mol. The molecule has 0 aromatic carbocycles. The van der Waals surface area contributed by atoms with Gasteiger partial charge < -0.3 is 14.6 Å². The van der Waals surface area contributed by atoms with Gasteiger partial charge in [-0.15, -0.1) is 0 Å². The van der Waals surface area contributed by atoms with E-state index >= 15 is 0 Å². The van der Waals surface area contributed by atoms with Crippen LogP contribution in [-0.4, -0.2) is 32.2 Å². The van der Waals surface area contributed by atoms with E-state index in [1.54, 1.807) is 16.7 Å². The van der Waals surface area contributed by atoms with E-state index in [-0.39, 0.29) is 12.2 Å². The molecule has 2 aromatic heterocycles. The minimum absolute atomic E-state index is 0.0249. The molecule has 2 N–H and O–H groups in total. The maximum atomic E-state index is 11.0. The van der Waals surface area contributed by atoms with Crippen LogP contribution >= 0.6 is 15.9 Å². The third-order valence-electron chi connectivity index (χ3n) is 2.26. The highest BCUT2D eigenvalue weighted by atomic mass is 79.9. The number of aromatic nitrogens is 2. The molecule has 0 spiro atoms. The predicted octanol–water partition coefficient (Wildman–Crippen LogP) is 1.33. The number of fused-ring (bicyclic) bond motifs is 1. The summed E-state index contributed by atoms with van der Waals surface area (Å²) in [6.45, 7) is -0.0249. The van der Waals surface area contributed by atoms with Crippen LogP contribution in [0.15, 0.2) is 22.9 Å². The van der Waals surface area contributed by atoms with Gasteiger partial charge in [0.15, 0.2) is 0 Å². The molecule has 0 atom stereocenters. The van der Waals surface area contributed by atoms with E-state index in [0.717, 1.165) is 0 Å². The van der Waals surface area contributed by atoms with Crippen molar-refractivity contribution < 1.29 is 15.0 Å². The minimum atomic E-state index is -0.998. The number of rotatable bonds is 3. The van der Waals surface area contributed by atoms with Crippen LogP contribution in [0.4, 0.5) is 0 Å². The summed E-state index contributed by atoms with van der Waals surface area (Å²) in [6.07, 6.45) is 2.11. The fraction of sp³-hybridized carbons (Fsp3) is 0.200. The van der Waals surface area contributed by atoms with Crippen molar-refractivity contribution in [3.63, 3.8) is 0 Å². The first-order valence-electron chi connectivity index (χ1n) is 4.64. The first-order chi connectivity index (χ1) is 7.65. The van der Waals surface area contributed by atoms with E-state index in [1.807, 2.05) is 0 Å². The monoisotopic (exact) mass is 284 g/mol. The zero-order valence-corrected chi connectivity index (χ0v) is 9.81. The van der Waals surface area contributed by atoms with E-state index in [1.165, 1.54) is 6.07 Å². The Morgan fingerprint density at radius 1 is 1.56 bits per heavy atom. The summed E-state index contributed by atoms with van der Waals surface area (Å²) in [7, 11) is 0. The Balaban J connectivity index is 2.74. The number of halogens is 1. The molecule has 0 aliphatic rings. The van der Waals surface area contributed by atoms with Crippen LogP contribution in [0.3, 0.4) is 0 Å². The van der Waals surface area contributed by atoms with Gasteiger partial charge in [0.2, 0.25) is 0 Å². The van der Waals surface area contributed by atoms with Crippen molar-refractivity contribution in [3.05, 3.63) is 34.3 Å². The van der Waals surface area contributed by atoms with Gasteiger partial charge in [-0.2, -0.15) is 0 Å². The summed E-state index contributed by atoms with van der Waals surface area (Å²) in [4.78, 5) is 15.2. The van der Waals surface area contributed by atoms with Crippen molar-refractivity contribution >= 4 is 27.4 Å². The second-order valence-electron chi connectivity index (χ2n) is 3.24. The van der Waals surface area contributed by atoms with Gasteiger partial charge in [-0.05, 0) is 28.1 Å². The van der Waals surface area contributed by atoms with E-state index in [0.29, 0.717) is 22.4 Å². The summed E-state index contributed by atoms with van der Waals surface area (Å²) in [6, 6.07) is 3.16. The number of aliphatic hydroxyl groups excluding tert-OH is 1. The molecule has 0 amide bonds. The van der Waals surface area contributed by atoms with Gasteiger partial charge in [-0.25, -0.2) is 9.78 Å². The number of carbonyl (C=O) groups is 1.